The zero-order chi connectivity index (χ0) is 23.4. The van der Waals surface area contributed by atoms with Crippen LogP contribution in [0.25, 0.3) is 6.08 Å². The monoisotopic (exact) mass is 518 g/mol. The summed E-state index contributed by atoms with van der Waals surface area (Å²) in [5, 5.41) is 11.0. The Kier molecular flexibility index (Phi) is 7.37. The number of carbonyl (C=O) groups excluding carboxylic acids is 3. The van der Waals surface area contributed by atoms with Crippen molar-refractivity contribution in [2.75, 3.05) is 18.5 Å². The Balaban J connectivity index is 1.75. The number of carbonyl (C=O) groups is 4. The van der Waals surface area contributed by atoms with E-state index in [1.807, 2.05) is 26.0 Å². The van der Waals surface area contributed by atoms with E-state index in [4.69, 9.17) is 9.84 Å². The lowest BCUT2D eigenvalue weighted by Crippen LogP contribution is -2.36. The van der Waals surface area contributed by atoms with Crippen LogP contribution in [0.4, 0.5) is 10.5 Å². The first-order chi connectivity index (χ1) is 15.1. The van der Waals surface area contributed by atoms with Gasteiger partial charge in [0.25, 0.3) is 11.1 Å². The van der Waals surface area contributed by atoms with Gasteiger partial charge in [0.15, 0.2) is 6.61 Å². The van der Waals surface area contributed by atoms with Crippen LogP contribution in [0.2, 0.25) is 0 Å². The van der Waals surface area contributed by atoms with Gasteiger partial charge < -0.3 is 15.2 Å². The van der Waals surface area contributed by atoms with Gasteiger partial charge in [-0.2, -0.15) is 0 Å². The van der Waals surface area contributed by atoms with Crippen molar-refractivity contribution in [2.45, 2.75) is 13.8 Å². The third-order valence-corrected chi connectivity index (χ3v) is 5.98. The number of hydrogen-bond donors (Lipinski definition) is 2. The van der Waals surface area contributed by atoms with E-state index in [0.29, 0.717) is 27.5 Å². The van der Waals surface area contributed by atoms with Crippen molar-refractivity contribution < 1.29 is 29.0 Å². The van der Waals surface area contributed by atoms with Crippen molar-refractivity contribution >= 4 is 62.5 Å². The zero-order valence-electron chi connectivity index (χ0n) is 17.2. The van der Waals surface area contributed by atoms with Gasteiger partial charge in [0.1, 0.15) is 12.3 Å². The van der Waals surface area contributed by atoms with E-state index in [-0.39, 0.29) is 10.7 Å². The SMILES string of the molecule is Cc1ccc(NC(=O)CN2C(=O)S/C(=C/c3cc(Br)ccc3OCC(=O)O)C2=O)cc1C. The minimum absolute atomic E-state index is 0.104. The van der Waals surface area contributed by atoms with Crippen LogP contribution in [-0.2, 0) is 14.4 Å². The second-order valence-electron chi connectivity index (χ2n) is 6.98. The molecule has 0 unspecified atom stereocenters. The molecule has 32 heavy (non-hydrogen) atoms. The summed E-state index contributed by atoms with van der Waals surface area (Å²) in [7, 11) is 0. The van der Waals surface area contributed by atoms with Crippen LogP contribution in [0.5, 0.6) is 5.75 Å². The number of thioether (sulfide) groups is 1. The number of carboxylic acids is 1. The number of hydrogen-bond acceptors (Lipinski definition) is 6. The number of benzene rings is 2. The Labute approximate surface area is 196 Å². The maximum absolute atomic E-state index is 12.8. The Morgan fingerprint density at radius 3 is 2.59 bits per heavy atom. The van der Waals surface area contributed by atoms with Crippen molar-refractivity contribution in [3.05, 3.63) is 62.5 Å². The van der Waals surface area contributed by atoms with Crippen molar-refractivity contribution in [3.63, 3.8) is 0 Å². The van der Waals surface area contributed by atoms with Crippen LogP contribution in [0.3, 0.4) is 0 Å². The zero-order valence-corrected chi connectivity index (χ0v) is 19.6. The van der Waals surface area contributed by atoms with Gasteiger partial charge in [0, 0.05) is 15.7 Å². The minimum Gasteiger partial charge on any atom is -0.481 e. The number of nitrogens with one attached hydrogen (secondary N) is 1. The lowest BCUT2D eigenvalue weighted by Gasteiger charge is -2.13. The highest BCUT2D eigenvalue weighted by atomic mass is 79.9. The lowest BCUT2D eigenvalue weighted by atomic mass is 10.1. The smallest absolute Gasteiger partial charge is 0.341 e. The molecule has 1 saturated heterocycles. The third-order valence-electron chi connectivity index (χ3n) is 4.58. The van der Waals surface area contributed by atoms with Gasteiger partial charge in [-0.25, -0.2) is 4.79 Å². The maximum Gasteiger partial charge on any atom is 0.341 e. The Hall–Kier alpha value is -3.11. The first-order valence-electron chi connectivity index (χ1n) is 9.40. The summed E-state index contributed by atoms with van der Waals surface area (Å²) < 4.78 is 5.93. The average Bonchev–Trinajstić information content (AvgIpc) is 2.97. The molecule has 3 amide bonds. The molecule has 2 aromatic carbocycles. The van der Waals surface area contributed by atoms with E-state index in [9.17, 15) is 19.2 Å². The Morgan fingerprint density at radius 2 is 1.91 bits per heavy atom. The molecule has 10 heteroatoms. The van der Waals surface area contributed by atoms with Crippen LogP contribution >= 0.6 is 27.7 Å². The van der Waals surface area contributed by atoms with Crippen LogP contribution in [-0.4, -0.2) is 46.2 Å². The second-order valence-corrected chi connectivity index (χ2v) is 8.89. The molecule has 1 fully saturated rings. The molecular weight excluding hydrogens is 500 g/mol. The van der Waals surface area contributed by atoms with E-state index in [1.54, 1.807) is 24.3 Å². The second kappa shape index (κ2) is 10.0. The largest absolute Gasteiger partial charge is 0.481 e. The summed E-state index contributed by atoms with van der Waals surface area (Å²) in [4.78, 5) is 49.3. The fourth-order valence-corrected chi connectivity index (χ4v) is 4.05. The Bertz CT molecular complexity index is 1150. The van der Waals surface area contributed by atoms with Gasteiger partial charge in [0.05, 0.1) is 4.91 Å². The number of aliphatic carboxylic acids is 1. The number of rotatable bonds is 7. The van der Waals surface area contributed by atoms with Crippen LogP contribution in [0.15, 0.2) is 45.8 Å². The topological polar surface area (TPSA) is 113 Å². The third kappa shape index (κ3) is 5.77. The van der Waals surface area contributed by atoms with Crippen molar-refractivity contribution in [1.82, 2.24) is 4.90 Å². The van der Waals surface area contributed by atoms with Gasteiger partial charge in [-0.05, 0) is 73.1 Å². The van der Waals surface area contributed by atoms with Gasteiger partial charge in [-0.3, -0.25) is 19.3 Å². The maximum atomic E-state index is 12.8. The van der Waals surface area contributed by atoms with Gasteiger partial charge in [-0.1, -0.05) is 22.0 Å². The van der Waals surface area contributed by atoms with Crippen molar-refractivity contribution in [2.24, 2.45) is 0 Å². The van der Waals surface area contributed by atoms with Crippen LogP contribution in [0, 0.1) is 13.8 Å². The fraction of sp³-hybridized carbons (Fsp3) is 0.182. The number of imide groups is 1. The highest BCUT2D eigenvalue weighted by molar-refractivity contribution is 9.10. The first-order valence-corrected chi connectivity index (χ1v) is 11.0. The standard InChI is InChI=1S/C22H19BrN2O6S/c1-12-3-5-16(7-13(12)2)24-19(26)10-25-21(29)18(32-22(25)30)9-14-8-15(23)4-6-17(14)31-11-20(27)28/h3-9H,10-11H2,1-2H3,(H,24,26)(H,27,28)/b18-9+. The number of nitrogens with zero attached hydrogens (tertiary/aromatic N) is 1. The van der Waals surface area contributed by atoms with Crippen LogP contribution in [0.1, 0.15) is 16.7 Å². The quantitative estimate of drug-likeness (QED) is 0.527. The lowest BCUT2D eigenvalue weighted by molar-refractivity contribution is -0.139. The molecule has 2 aromatic rings. The molecule has 166 valence electrons. The fourth-order valence-electron chi connectivity index (χ4n) is 2.84. The minimum atomic E-state index is -1.14. The van der Waals surface area contributed by atoms with Crippen molar-refractivity contribution in [3.8, 4) is 5.75 Å². The molecule has 1 heterocycles. The summed E-state index contributed by atoms with van der Waals surface area (Å²) in [5.41, 5.74) is 3.09. The number of ether oxygens (including phenoxy) is 1. The predicted molar refractivity (Wildman–Crippen MR) is 124 cm³/mol. The average molecular weight is 519 g/mol. The number of carboxylic acid groups (broad SMARTS) is 1. The number of aryl methyl sites for hydroxylation is 2. The molecule has 0 saturated carbocycles. The van der Waals surface area contributed by atoms with Crippen molar-refractivity contribution in [1.29, 1.82) is 0 Å². The van der Waals surface area contributed by atoms with Crippen LogP contribution < -0.4 is 10.1 Å². The molecule has 0 spiro atoms. The van der Waals surface area contributed by atoms with E-state index >= 15 is 0 Å². The summed E-state index contributed by atoms with van der Waals surface area (Å²) in [6.45, 7) is 2.90. The molecule has 0 atom stereocenters. The Morgan fingerprint density at radius 1 is 1.16 bits per heavy atom. The normalized spacial score (nSPS) is 14.7. The predicted octanol–water partition coefficient (Wildman–Crippen LogP) is 4.20. The summed E-state index contributed by atoms with van der Waals surface area (Å²) in [6, 6.07) is 10.3. The molecule has 0 aromatic heterocycles. The molecule has 0 radical (unpaired) electrons. The van der Waals surface area contributed by atoms with Gasteiger partial charge in [0.2, 0.25) is 5.91 Å². The summed E-state index contributed by atoms with van der Waals surface area (Å²) in [5.74, 6) is -2.01. The molecule has 1 aliphatic heterocycles. The molecule has 3 rings (SSSR count). The summed E-state index contributed by atoms with van der Waals surface area (Å²) in [6.07, 6.45) is 1.44. The first kappa shape index (κ1) is 23.6. The number of halogens is 1. The molecule has 2 N–H and O–H groups in total. The highest BCUT2D eigenvalue weighted by Crippen LogP contribution is 2.34. The van der Waals surface area contributed by atoms with E-state index in [2.05, 4.69) is 21.2 Å². The molecule has 8 nitrogen and oxygen atoms in total. The molecule has 0 aliphatic carbocycles. The highest BCUT2D eigenvalue weighted by Gasteiger charge is 2.36. The van der Waals surface area contributed by atoms with Gasteiger partial charge in [-0.15, -0.1) is 0 Å². The molecule has 0 bridgehead atoms. The van der Waals surface area contributed by atoms with E-state index in [1.165, 1.54) is 6.08 Å². The summed E-state index contributed by atoms with van der Waals surface area (Å²) >= 11 is 4.01. The van der Waals surface area contributed by atoms with E-state index in [0.717, 1.165) is 16.0 Å². The number of amides is 3. The molecule has 1 aliphatic rings. The van der Waals surface area contributed by atoms with E-state index < -0.39 is 36.2 Å². The number of anilines is 1. The molecular formula is C22H19BrN2O6S. The van der Waals surface area contributed by atoms with Gasteiger partial charge >= 0.3 is 5.97 Å².